The van der Waals surface area contributed by atoms with Gasteiger partial charge in [0.1, 0.15) is 0 Å². The number of ether oxygens (including phenoxy) is 1. The zero-order valence-corrected chi connectivity index (χ0v) is 13.7. The molecule has 0 radical (unpaired) electrons. The smallest absolute Gasteiger partial charge is 0.0981 e. The SMILES string of the molecule is CCCC1CCC(CCC2=COC(CCC)CC2)CC1. The van der Waals surface area contributed by atoms with Gasteiger partial charge in [-0.25, -0.2) is 0 Å². The number of hydrogen-bond acceptors (Lipinski definition) is 1. The van der Waals surface area contributed by atoms with E-state index < -0.39 is 0 Å². The van der Waals surface area contributed by atoms with E-state index in [1.807, 2.05) is 0 Å². The largest absolute Gasteiger partial charge is 0.498 e. The average Bonchev–Trinajstić information content (AvgIpc) is 2.49. The maximum Gasteiger partial charge on any atom is 0.0981 e. The highest BCUT2D eigenvalue weighted by atomic mass is 16.5. The van der Waals surface area contributed by atoms with Crippen molar-refractivity contribution < 1.29 is 4.74 Å². The summed E-state index contributed by atoms with van der Waals surface area (Å²) in [7, 11) is 0. The molecule has 1 nitrogen and oxygen atoms in total. The molecule has 0 aromatic heterocycles. The van der Waals surface area contributed by atoms with Gasteiger partial charge in [0.15, 0.2) is 0 Å². The quantitative estimate of drug-likeness (QED) is 0.536. The van der Waals surface area contributed by atoms with Crippen molar-refractivity contribution in [2.24, 2.45) is 11.8 Å². The standard InChI is InChI=1S/C19H34O/c1-3-5-16-7-9-17(10-8-16)11-12-18-13-14-19(6-4-2)20-15-18/h15-17,19H,3-14H2,1-2H3. The summed E-state index contributed by atoms with van der Waals surface area (Å²) in [4.78, 5) is 0. The van der Waals surface area contributed by atoms with Crippen molar-refractivity contribution in [2.45, 2.75) is 97.0 Å². The summed E-state index contributed by atoms with van der Waals surface area (Å²) in [6, 6.07) is 0. The molecule has 1 atom stereocenters. The van der Waals surface area contributed by atoms with Crippen LogP contribution < -0.4 is 0 Å². The fraction of sp³-hybridized carbons (Fsp3) is 0.895. The highest BCUT2D eigenvalue weighted by molar-refractivity contribution is 5.02. The topological polar surface area (TPSA) is 9.23 Å². The fourth-order valence-corrected chi connectivity index (χ4v) is 3.99. The molecule has 116 valence electrons. The van der Waals surface area contributed by atoms with Crippen LogP contribution >= 0.6 is 0 Å². The molecule has 0 N–H and O–H groups in total. The summed E-state index contributed by atoms with van der Waals surface area (Å²) >= 11 is 0. The first kappa shape index (κ1) is 15.9. The zero-order valence-electron chi connectivity index (χ0n) is 13.7. The van der Waals surface area contributed by atoms with Crippen LogP contribution in [0.3, 0.4) is 0 Å². The Hall–Kier alpha value is -0.460. The average molecular weight is 278 g/mol. The van der Waals surface area contributed by atoms with E-state index in [1.54, 1.807) is 5.57 Å². The van der Waals surface area contributed by atoms with E-state index in [0.29, 0.717) is 6.10 Å². The van der Waals surface area contributed by atoms with Gasteiger partial charge in [0.05, 0.1) is 12.4 Å². The van der Waals surface area contributed by atoms with Crippen LogP contribution in [0.5, 0.6) is 0 Å². The van der Waals surface area contributed by atoms with Crippen LogP contribution in [-0.4, -0.2) is 6.10 Å². The molecular weight excluding hydrogens is 244 g/mol. The lowest BCUT2D eigenvalue weighted by Gasteiger charge is -2.29. The van der Waals surface area contributed by atoms with E-state index in [4.69, 9.17) is 4.74 Å². The van der Waals surface area contributed by atoms with E-state index in [1.165, 1.54) is 77.0 Å². The summed E-state index contributed by atoms with van der Waals surface area (Å²) in [5.41, 5.74) is 1.58. The minimum atomic E-state index is 0.508. The van der Waals surface area contributed by atoms with Crippen molar-refractivity contribution in [3.05, 3.63) is 11.8 Å². The first-order chi connectivity index (χ1) is 9.81. The summed E-state index contributed by atoms with van der Waals surface area (Å²) in [6.45, 7) is 4.57. The molecule has 1 aliphatic carbocycles. The maximum atomic E-state index is 5.86. The third-order valence-corrected chi connectivity index (χ3v) is 5.36. The van der Waals surface area contributed by atoms with Crippen molar-refractivity contribution in [1.82, 2.24) is 0 Å². The Morgan fingerprint density at radius 1 is 0.900 bits per heavy atom. The Bertz CT molecular complexity index is 286. The number of allylic oxidation sites excluding steroid dienone is 1. The van der Waals surface area contributed by atoms with Gasteiger partial charge in [0, 0.05) is 0 Å². The van der Waals surface area contributed by atoms with Gasteiger partial charge in [0.25, 0.3) is 0 Å². The third-order valence-electron chi connectivity index (χ3n) is 5.36. The molecule has 1 heterocycles. The predicted octanol–water partition coefficient (Wildman–Crippen LogP) is 6.24. The molecule has 1 aliphatic heterocycles. The van der Waals surface area contributed by atoms with Crippen molar-refractivity contribution in [3.63, 3.8) is 0 Å². The molecule has 2 rings (SSSR count). The second-order valence-corrected chi connectivity index (χ2v) is 7.08. The van der Waals surface area contributed by atoms with Gasteiger partial charge in [-0.1, -0.05) is 58.8 Å². The van der Waals surface area contributed by atoms with Crippen LogP contribution in [0, 0.1) is 11.8 Å². The van der Waals surface area contributed by atoms with Crippen LogP contribution in [-0.2, 0) is 4.74 Å². The Kier molecular flexibility index (Phi) is 6.96. The second-order valence-electron chi connectivity index (χ2n) is 7.08. The lowest BCUT2D eigenvalue weighted by Crippen LogP contribution is -2.16. The van der Waals surface area contributed by atoms with Gasteiger partial charge in [0.2, 0.25) is 0 Å². The Balaban J connectivity index is 1.62. The van der Waals surface area contributed by atoms with E-state index in [2.05, 4.69) is 20.1 Å². The molecule has 1 heteroatoms. The molecule has 1 saturated carbocycles. The maximum absolute atomic E-state index is 5.86. The van der Waals surface area contributed by atoms with Crippen LogP contribution in [0.1, 0.15) is 90.9 Å². The summed E-state index contributed by atoms with van der Waals surface area (Å²) < 4.78 is 5.86. The first-order valence-electron chi connectivity index (χ1n) is 9.15. The number of hydrogen-bond donors (Lipinski definition) is 0. The monoisotopic (exact) mass is 278 g/mol. The van der Waals surface area contributed by atoms with E-state index in [-0.39, 0.29) is 0 Å². The van der Waals surface area contributed by atoms with Gasteiger partial charge in [-0.15, -0.1) is 0 Å². The minimum Gasteiger partial charge on any atom is -0.498 e. The van der Waals surface area contributed by atoms with Crippen LogP contribution in [0.2, 0.25) is 0 Å². The van der Waals surface area contributed by atoms with Crippen molar-refractivity contribution >= 4 is 0 Å². The molecule has 2 aliphatic rings. The Morgan fingerprint density at radius 2 is 1.55 bits per heavy atom. The van der Waals surface area contributed by atoms with Gasteiger partial charge >= 0.3 is 0 Å². The third kappa shape index (κ3) is 5.14. The van der Waals surface area contributed by atoms with Crippen molar-refractivity contribution in [1.29, 1.82) is 0 Å². The molecule has 0 aromatic rings. The van der Waals surface area contributed by atoms with Gasteiger partial charge < -0.3 is 4.74 Å². The molecule has 0 aromatic carbocycles. The molecule has 0 spiro atoms. The number of rotatable bonds is 7. The molecule has 1 fully saturated rings. The molecule has 1 unspecified atom stereocenters. The van der Waals surface area contributed by atoms with Crippen LogP contribution in [0.4, 0.5) is 0 Å². The highest BCUT2D eigenvalue weighted by Crippen LogP contribution is 2.35. The predicted molar refractivity (Wildman–Crippen MR) is 86.7 cm³/mol. The van der Waals surface area contributed by atoms with Crippen LogP contribution in [0.25, 0.3) is 0 Å². The normalized spacial score (nSPS) is 30.7. The van der Waals surface area contributed by atoms with Gasteiger partial charge in [-0.2, -0.15) is 0 Å². The van der Waals surface area contributed by atoms with Crippen molar-refractivity contribution in [2.75, 3.05) is 0 Å². The van der Waals surface area contributed by atoms with Gasteiger partial charge in [-0.05, 0) is 49.5 Å². The van der Waals surface area contributed by atoms with E-state index >= 15 is 0 Å². The summed E-state index contributed by atoms with van der Waals surface area (Å²) in [5, 5.41) is 0. The highest BCUT2D eigenvalue weighted by Gasteiger charge is 2.21. The Morgan fingerprint density at radius 3 is 2.10 bits per heavy atom. The molecule has 0 bridgehead atoms. The second kappa shape index (κ2) is 8.74. The van der Waals surface area contributed by atoms with E-state index in [0.717, 1.165) is 11.8 Å². The Labute approximate surface area is 126 Å². The molecule has 0 amide bonds. The fourth-order valence-electron chi connectivity index (χ4n) is 3.99. The summed E-state index contributed by atoms with van der Waals surface area (Å²) in [6.07, 6.45) is 19.1. The summed E-state index contributed by atoms with van der Waals surface area (Å²) in [5.74, 6) is 2.04. The van der Waals surface area contributed by atoms with E-state index in [9.17, 15) is 0 Å². The van der Waals surface area contributed by atoms with Gasteiger partial charge in [-0.3, -0.25) is 0 Å². The molecule has 20 heavy (non-hydrogen) atoms. The first-order valence-corrected chi connectivity index (χ1v) is 9.15. The molecule has 0 saturated heterocycles. The lowest BCUT2D eigenvalue weighted by molar-refractivity contribution is 0.109. The minimum absolute atomic E-state index is 0.508. The zero-order chi connectivity index (χ0) is 14.2. The van der Waals surface area contributed by atoms with Crippen LogP contribution in [0.15, 0.2) is 11.8 Å². The molecular formula is C19H34O. The van der Waals surface area contributed by atoms with Crippen molar-refractivity contribution in [3.8, 4) is 0 Å². The lowest BCUT2D eigenvalue weighted by atomic mass is 9.78.